The molecule has 0 fully saturated rings. The fourth-order valence-electron chi connectivity index (χ4n) is 8.52. The molecule has 0 aliphatic carbocycles. The van der Waals surface area contributed by atoms with Gasteiger partial charge in [-0.2, -0.15) is 0 Å². The van der Waals surface area contributed by atoms with Crippen molar-refractivity contribution in [2.45, 2.75) is 0 Å². The van der Waals surface area contributed by atoms with Crippen molar-refractivity contribution in [1.82, 2.24) is 0 Å². The van der Waals surface area contributed by atoms with E-state index in [1.165, 1.54) is 54.6 Å². The molecule has 0 unspecified atom stereocenters. The van der Waals surface area contributed by atoms with Crippen LogP contribution in [0.25, 0.3) is 87.6 Å². The highest BCUT2D eigenvalue weighted by atomic mass is 16.3. The minimum absolute atomic E-state index is 0.865. The SMILES string of the molecule is c1cc(-c2ccccc2N(c2ccc(-c3ccc4c(ccc5ccccc54)c3)cc2)c2ccc3c(c2)oc2ccccc23)cc(-c2cccc3ccccc23)c1. The predicted octanol–water partition coefficient (Wildman–Crippen LogP) is 15.5. The molecule has 0 amide bonds. The Morgan fingerprint density at radius 2 is 0.857 bits per heavy atom. The number of rotatable bonds is 6. The fraction of sp³-hybridized carbons (Fsp3) is 0. The molecule has 0 N–H and O–H groups in total. The molecule has 0 bridgehead atoms. The molecule has 0 saturated heterocycles. The second-order valence-electron chi connectivity index (χ2n) is 14.5. The molecule has 0 spiro atoms. The van der Waals surface area contributed by atoms with Crippen molar-refractivity contribution >= 4 is 71.3 Å². The molecule has 1 heterocycles. The summed E-state index contributed by atoms with van der Waals surface area (Å²) in [5.41, 5.74) is 12.0. The van der Waals surface area contributed by atoms with Crippen LogP contribution in [0.15, 0.2) is 217 Å². The molecule has 0 atom stereocenters. The van der Waals surface area contributed by atoms with Gasteiger partial charge < -0.3 is 9.32 Å². The third-order valence-electron chi connectivity index (χ3n) is 11.2. The lowest BCUT2D eigenvalue weighted by Crippen LogP contribution is -2.11. The van der Waals surface area contributed by atoms with Crippen molar-refractivity contribution in [3.8, 4) is 33.4 Å². The number of anilines is 3. The quantitative estimate of drug-likeness (QED) is 0.160. The van der Waals surface area contributed by atoms with E-state index in [4.69, 9.17) is 4.42 Å². The molecular formula is C54H35NO. The number of fused-ring (bicyclic) bond motifs is 7. The highest BCUT2D eigenvalue weighted by Gasteiger charge is 2.20. The lowest BCUT2D eigenvalue weighted by molar-refractivity contribution is 0.669. The molecule has 0 aliphatic heterocycles. The van der Waals surface area contributed by atoms with Crippen LogP contribution in [0.4, 0.5) is 17.1 Å². The summed E-state index contributed by atoms with van der Waals surface area (Å²) in [6.45, 7) is 0. The molecular weight excluding hydrogens is 679 g/mol. The maximum absolute atomic E-state index is 6.44. The van der Waals surface area contributed by atoms with Crippen LogP contribution in [0, 0.1) is 0 Å². The number of nitrogens with zero attached hydrogens (tertiary/aromatic N) is 1. The van der Waals surface area contributed by atoms with Crippen LogP contribution in [0.2, 0.25) is 0 Å². The Morgan fingerprint density at radius 1 is 0.286 bits per heavy atom. The fourth-order valence-corrected chi connectivity index (χ4v) is 8.52. The van der Waals surface area contributed by atoms with Gasteiger partial charge in [-0.1, -0.05) is 158 Å². The van der Waals surface area contributed by atoms with E-state index in [2.05, 4.69) is 205 Å². The summed E-state index contributed by atoms with van der Waals surface area (Å²) in [6, 6.07) is 76.6. The van der Waals surface area contributed by atoms with Crippen LogP contribution in [0.1, 0.15) is 0 Å². The monoisotopic (exact) mass is 713 g/mol. The maximum atomic E-state index is 6.44. The number of hydrogen-bond donors (Lipinski definition) is 0. The van der Waals surface area contributed by atoms with Crippen molar-refractivity contribution in [1.29, 1.82) is 0 Å². The molecule has 0 aliphatic rings. The topological polar surface area (TPSA) is 16.4 Å². The zero-order valence-electron chi connectivity index (χ0n) is 30.6. The minimum Gasteiger partial charge on any atom is -0.456 e. The van der Waals surface area contributed by atoms with Gasteiger partial charge in [0, 0.05) is 33.8 Å². The molecule has 11 rings (SSSR count). The molecule has 11 aromatic rings. The van der Waals surface area contributed by atoms with Gasteiger partial charge in [0.25, 0.3) is 0 Å². The maximum Gasteiger partial charge on any atom is 0.137 e. The molecule has 56 heavy (non-hydrogen) atoms. The Kier molecular flexibility index (Phi) is 7.53. The van der Waals surface area contributed by atoms with Gasteiger partial charge in [0.1, 0.15) is 11.2 Å². The largest absolute Gasteiger partial charge is 0.456 e. The molecule has 262 valence electrons. The van der Waals surface area contributed by atoms with Crippen LogP contribution in [0.5, 0.6) is 0 Å². The first-order valence-corrected chi connectivity index (χ1v) is 19.2. The van der Waals surface area contributed by atoms with Crippen molar-refractivity contribution in [2.24, 2.45) is 0 Å². The van der Waals surface area contributed by atoms with E-state index in [9.17, 15) is 0 Å². The Hall–Kier alpha value is -7.42. The smallest absolute Gasteiger partial charge is 0.137 e. The second kappa shape index (κ2) is 13.2. The summed E-state index contributed by atoms with van der Waals surface area (Å²) in [5, 5.41) is 9.79. The molecule has 0 radical (unpaired) electrons. The third kappa shape index (κ3) is 5.42. The normalized spacial score (nSPS) is 11.6. The van der Waals surface area contributed by atoms with Gasteiger partial charge in [-0.15, -0.1) is 0 Å². The number of furan rings is 1. The third-order valence-corrected chi connectivity index (χ3v) is 11.2. The average molecular weight is 714 g/mol. The lowest BCUT2D eigenvalue weighted by Gasteiger charge is -2.28. The summed E-state index contributed by atoms with van der Waals surface area (Å²) in [5.74, 6) is 0. The number of hydrogen-bond acceptors (Lipinski definition) is 2. The van der Waals surface area contributed by atoms with Crippen molar-refractivity contribution in [2.75, 3.05) is 4.90 Å². The highest BCUT2D eigenvalue weighted by Crippen LogP contribution is 2.44. The lowest BCUT2D eigenvalue weighted by atomic mass is 9.94. The first kappa shape index (κ1) is 32.0. The Bertz CT molecular complexity index is 3260. The first-order chi connectivity index (χ1) is 27.7. The Labute approximate surface area is 325 Å². The van der Waals surface area contributed by atoms with E-state index in [0.717, 1.165) is 50.1 Å². The van der Waals surface area contributed by atoms with Gasteiger partial charge in [-0.05, 0) is 109 Å². The van der Waals surface area contributed by atoms with Crippen LogP contribution in [-0.4, -0.2) is 0 Å². The van der Waals surface area contributed by atoms with Crippen molar-refractivity contribution in [3.63, 3.8) is 0 Å². The van der Waals surface area contributed by atoms with Crippen LogP contribution in [-0.2, 0) is 0 Å². The summed E-state index contributed by atoms with van der Waals surface area (Å²) in [6.07, 6.45) is 0. The van der Waals surface area contributed by atoms with Crippen molar-refractivity contribution < 1.29 is 4.42 Å². The molecule has 2 nitrogen and oxygen atoms in total. The zero-order chi connectivity index (χ0) is 37.0. The Morgan fingerprint density at radius 3 is 1.73 bits per heavy atom. The van der Waals surface area contributed by atoms with Gasteiger partial charge in [-0.25, -0.2) is 0 Å². The zero-order valence-corrected chi connectivity index (χ0v) is 30.6. The van der Waals surface area contributed by atoms with Gasteiger partial charge in [-0.3, -0.25) is 0 Å². The number of para-hydroxylation sites is 2. The van der Waals surface area contributed by atoms with Gasteiger partial charge in [0.2, 0.25) is 0 Å². The second-order valence-corrected chi connectivity index (χ2v) is 14.5. The van der Waals surface area contributed by atoms with E-state index in [1.54, 1.807) is 0 Å². The molecule has 2 heteroatoms. The van der Waals surface area contributed by atoms with Gasteiger partial charge >= 0.3 is 0 Å². The van der Waals surface area contributed by atoms with E-state index in [-0.39, 0.29) is 0 Å². The van der Waals surface area contributed by atoms with Crippen LogP contribution in [0.3, 0.4) is 0 Å². The van der Waals surface area contributed by atoms with Crippen LogP contribution < -0.4 is 4.90 Å². The van der Waals surface area contributed by atoms with E-state index in [1.807, 2.05) is 12.1 Å². The standard InChI is InChI=1S/C54H35NO/c1-3-16-45-37(11-1)13-10-20-47(45)40-14-9-15-41(34-40)49-18-5-7-21-52(49)55(44-30-32-51-50-19-6-8-22-53(50)56-54(51)35-44)43-28-25-36(26-29-43)39-27-31-48-42(33-39)24-23-38-12-2-4-17-46(38)48/h1-35H. The summed E-state index contributed by atoms with van der Waals surface area (Å²) >= 11 is 0. The van der Waals surface area contributed by atoms with Crippen LogP contribution >= 0.6 is 0 Å². The predicted molar refractivity (Wildman–Crippen MR) is 237 cm³/mol. The highest BCUT2D eigenvalue weighted by molar-refractivity contribution is 6.09. The van der Waals surface area contributed by atoms with E-state index < -0.39 is 0 Å². The minimum atomic E-state index is 0.865. The average Bonchev–Trinajstić information content (AvgIpc) is 3.64. The molecule has 10 aromatic carbocycles. The summed E-state index contributed by atoms with van der Waals surface area (Å²) in [4.78, 5) is 2.36. The Balaban J connectivity index is 1.05. The first-order valence-electron chi connectivity index (χ1n) is 19.2. The summed E-state index contributed by atoms with van der Waals surface area (Å²) < 4.78 is 6.44. The number of benzene rings is 10. The molecule has 0 saturated carbocycles. The summed E-state index contributed by atoms with van der Waals surface area (Å²) in [7, 11) is 0. The van der Waals surface area contributed by atoms with Crippen molar-refractivity contribution in [3.05, 3.63) is 212 Å². The van der Waals surface area contributed by atoms with E-state index in [0.29, 0.717) is 0 Å². The van der Waals surface area contributed by atoms with E-state index >= 15 is 0 Å². The van der Waals surface area contributed by atoms with Gasteiger partial charge in [0.15, 0.2) is 0 Å². The van der Waals surface area contributed by atoms with Gasteiger partial charge in [0.05, 0.1) is 5.69 Å². The molecule has 1 aromatic heterocycles.